The van der Waals surface area contributed by atoms with Crippen LogP contribution in [0.4, 0.5) is 4.39 Å². The second-order valence-corrected chi connectivity index (χ2v) is 7.26. The Morgan fingerprint density at radius 2 is 1.87 bits per heavy atom. The lowest BCUT2D eigenvalue weighted by molar-refractivity contribution is 0.0575. The van der Waals surface area contributed by atoms with Gasteiger partial charge in [0.1, 0.15) is 10.7 Å². The van der Waals surface area contributed by atoms with Crippen LogP contribution in [0.1, 0.15) is 52.5 Å². The first-order chi connectivity index (χ1) is 11.1. The lowest BCUT2D eigenvalue weighted by Crippen LogP contribution is -2.46. The van der Waals surface area contributed by atoms with Crippen molar-refractivity contribution in [2.75, 3.05) is 0 Å². The summed E-state index contributed by atoms with van der Waals surface area (Å²) < 4.78 is 17.0. The summed E-state index contributed by atoms with van der Waals surface area (Å²) >= 11 is 1.19. The van der Waals surface area contributed by atoms with Crippen molar-refractivity contribution in [1.82, 2.24) is 14.5 Å². The molecule has 2 aromatic rings. The molecule has 0 radical (unpaired) electrons. The highest BCUT2D eigenvalue weighted by Crippen LogP contribution is 2.43. The minimum Gasteiger partial charge on any atom is -0.332 e. The molecule has 0 N–H and O–H groups in total. The van der Waals surface area contributed by atoms with Gasteiger partial charge in [-0.1, -0.05) is 16.6 Å². The molecule has 0 saturated carbocycles. The van der Waals surface area contributed by atoms with E-state index in [2.05, 4.69) is 14.5 Å². The maximum Gasteiger partial charge on any atom is 0.268 e. The Morgan fingerprint density at radius 3 is 2.43 bits per heavy atom. The van der Waals surface area contributed by atoms with Crippen molar-refractivity contribution in [1.29, 1.82) is 0 Å². The predicted octanol–water partition coefficient (Wildman–Crippen LogP) is 3.54. The van der Waals surface area contributed by atoms with Gasteiger partial charge in [0, 0.05) is 12.1 Å². The molecule has 2 bridgehead atoms. The van der Waals surface area contributed by atoms with Gasteiger partial charge in [-0.15, -0.1) is 5.10 Å². The van der Waals surface area contributed by atoms with Gasteiger partial charge in [-0.25, -0.2) is 4.39 Å². The van der Waals surface area contributed by atoms with Gasteiger partial charge in [0.25, 0.3) is 5.91 Å². The summed E-state index contributed by atoms with van der Waals surface area (Å²) in [6.45, 7) is 1.84. The lowest BCUT2D eigenvalue weighted by Gasteiger charge is -2.39. The van der Waals surface area contributed by atoms with E-state index in [4.69, 9.17) is 0 Å². The minimum atomic E-state index is -0.197. The molecule has 2 aliphatic rings. The molecule has 2 fully saturated rings. The zero-order valence-corrected chi connectivity index (χ0v) is 13.7. The summed E-state index contributed by atoms with van der Waals surface area (Å²) in [6.07, 6.45) is 4.02. The topological polar surface area (TPSA) is 46.1 Å². The fourth-order valence-electron chi connectivity index (χ4n) is 4.06. The first-order valence-corrected chi connectivity index (χ1v) is 8.78. The monoisotopic (exact) mass is 331 g/mol. The van der Waals surface area contributed by atoms with Crippen molar-refractivity contribution in [3.05, 3.63) is 46.2 Å². The van der Waals surface area contributed by atoms with Crippen LogP contribution in [0.15, 0.2) is 24.3 Å². The highest BCUT2D eigenvalue weighted by Gasteiger charge is 2.44. The van der Waals surface area contributed by atoms with Gasteiger partial charge in [0.15, 0.2) is 0 Å². The SMILES string of the molecule is Cc1nnsc1C(=O)N1[C@H]2CC[C@H]1CC(c1ccc(F)cc1)C2. The summed E-state index contributed by atoms with van der Waals surface area (Å²) in [5, 5.41) is 3.96. The number of piperidine rings is 1. The first kappa shape index (κ1) is 14.8. The van der Waals surface area contributed by atoms with Crippen molar-refractivity contribution >= 4 is 17.4 Å². The van der Waals surface area contributed by atoms with Gasteiger partial charge in [-0.2, -0.15) is 0 Å². The molecule has 0 spiro atoms. The second kappa shape index (κ2) is 5.67. The maximum absolute atomic E-state index is 13.1. The zero-order chi connectivity index (χ0) is 16.0. The standard InChI is InChI=1S/C17H18FN3OS/c1-10-16(23-20-19-10)17(22)21-14-6-7-15(21)9-12(8-14)11-2-4-13(18)5-3-11/h2-5,12,14-15H,6-9H2,1H3/t14-,15-/m0/s1. The summed E-state index contributed by atoms with van der Waals surface area (Å²) in [6, 6.07) is 7.38. The van der Waals surface area contributed by atoms with Crippen molar-refractivity contribution in [2.24, 2.45) is 0 Å². The first-order valence-electron chi connectivity index (χ1n) is 8.00. The van der Waals surface area contributed by atoms with Crippen molar-refractivity contribution in [2.45, 2.75) is 50.6 Å². The molecule has 2 aliphatic heterocycles. The molecule has 4 nitrogen and oxygen atoms in total. The Labute approximate surface area is 138 Å². The Bertz CT molecular complexity index is 716. The number of fused-ring (bicyclic) bond motifs is 2. The van der Waals surface area contributed by atoms with E-state index in [1.165, 1.54) is 29.2 Å². The average Bonchev–Trinajstić information content (AvgIpc) is 3.08. The van der Waals surface area contributed by atoms with Crippen LogP contribution in [-0.2, 0) is 0 Å². The number of aryl methyl sites for hydroxylation is 1. The molecule has 1 amide bonds. The van der Waals surface area contributed by atoms with Crippen molar-refractivity contribution in [3.8, 4) is 0 Å². The third-order valence-electron chi connectivity index (χ3n) is 5.15. The van der Waals surface area contributed by atoms with Gasteiger partial charge in [-0.3, -0.25) is 4.79 Å². The van der Waals surface area contributed by atoms with Crippen LogP contribution in [-0.4, -0.2) is 32.5 Å². The summed E-state index contributed by atoms with van der Waals surface area (Å²) in [7, 11) is 0. The molecular weight excluding hydrogens is 313 g/mol. The number of halogens is 1. The number of nitrogens with zero attached hydrogens (tertiary/aromatic N) is 3. The Balaban J connectivity index is 1.55. The van der Waals surface area contributed by atoms with Crippen LogP contribution in [0.2, 0.25) is 0 Å². The van der Waals surface area contributed by atoms with Gasteiger partial charge >= 0.3 is 0 Å². The average molecular weight is 331 g/mol. The van der Waals surface area contributed by atoms with Crippen LogP contribution in [0.3, 0.4) is 0 Å². The Hall–Kier alpha value is -1.82. The lowest BCUT2D eigenvalue weighted by atomic mass is 9.85. The molecule has 120 valence electrons. The highest BCUT2D eigenvalue weighted by molar-refractivity contribution is 7.07. The van der Waals surface area contributed by atoms with Crippen molar-refractivity contribution < 1.29 is 9.18 Å². The molecule has 4 rings (SSSR count). The van der Waals surface area contributed by atoms with Crippen LogP contribution in [0.5, 0.6) is 0 Å². The van der Waals surface area contributed by atoms with E-state index in [-0.39, 0.29) is 23.8 Å². The van der Waals surface area contributed by atoms with Gasteiger partial charge in [-0.05, 0) is 67.8 Å². The minimum absolute atomic E-state index is 0.0857. The number of carbonyl (C=O) groups excluding carboxylic acids is 1. The molecule has 0 unspecified atom stereocenters. The van der Waals surface area contributed by atoms with E-state index in [0.717, 1.165) is 31.4 Å². The number of aromatic nitrogens is 2. The molecule has 2 saturated heterocycles. The third-order valence-corrected chi connectivity index (χ3v) is 5.97. The summed E-state index contributed by atoms with van der Waals surface area (Å²) in [5.74, 6) is 0.304. The molecule has 1 aromatic carbocycles. The van der Waals surface area contributed by atoms with Gasteiger partial charge in [0.2, 0.25) is 0 Å². The Kier molecular flexibility index (Phi) is 3.64. The highest BCUT2D eigenvalue weighted by atomic mass is 32.1. The van der Waals surface area contributed by atoms with E-state index >= 15 is 0 Å². The second-order valence-electron chi connectivity index (χ2n) is 6.50. The molecule has 3 heterocycles. The maximum atomic E-state index is 13.1. The smallest absolute Gasteiger partial charge is 0.268 e. The molecule has 23 heavy (non-hydrogen) atoms. The fraction of sp³-hybridized carbons (Fsp3) is 0.471. The number of amides is 1. The van der Waals surface area contributed by atoms with Crippen LogP contribution in [0.25, 0.3) is 0 Å². The molecule has 1 aromatic heterocycles. The largest absolute Gasteiger partial charge is 0.332 e. The van der Waals surface area contributed by atoms with E-state index in [1.807, 2.05) is 19.1 Å². The molecule has 0 aliphatic carbocycles. The number of hydrogen-bond donors (Lipinski definition) is 0. The fourth-order valence-corrected chi connectivity index (χ4v) is 4.66. The Morgan fingerprint density at radius 1 is 1.22 bits per heavy atom. The predicted molar refractivity (Wildman–Crippen MR) is 86.0 cm³/mol. The van der Waals surface area contributed by atoms with Crippen LogP contribution >= 0.6 is 11.5 Å². The van der Waals surface area contributed by atoms with Gasteiger partial charge < -0.3 is 4.90 Å². The van der Waals surface area contributed by atoms with E-state index < -0.39 is 0 Å². The quantitative estimate of drug-likeness (QED) is 0.845. The molecule has 2 atom stereocenters. The van der Waals surface area contributed by atoms with Crippen LogP contribution < -0.4 is 0 Å². The van der Waals surface area contributed by atoms with Crippen molar-refractivity contribution in [3.63, 3.8) is 0 Å². The van der Waals surface area contributed by atoms with E-state index in [0.29, 0.717) is 10.8 Å². The number of rotatable bonds is 2. The van der Waals surface area contributed by atoms with Crippen LogP contribution in [0, 0.1) is 12.7 Å². The number of carbonyl (C=O) groups is 1. The van der Waals surface area contributed by atoms with Gasteiger partial charge in [0.05, 0.1) is 5.69 Å². The number of benzene rings is 1. The normalized spacial score (nSPS) is 26.5. The number of hydrogen-bond acceptors (Lipinski definition) is 4. The zero-order valence-electron chi connectivity index (χ0n) is 12.9. The third kappa shape index (κ3) is 2.55. The van der Waals surface area contributed by atoms with E-state index in [9.17, 15) is 9.18 Å². The molecular formula is C17H18FN3OS. The summed E-state index contributed by atoms with van der Waals surface area (Å²) in [5.41, 5.74) is 1.91. The van der Waals surface area contributed by atoms with E-state index in [1.54, 1.807) is 0 Å². The summed E-state index contributed by atoms with van der Waals surface area (Å²) in [4.78, 5) is 15.6. The molecule has 6 heteroatoms.